The highest BCUT2D eigenvalue weighted by molar-refractivity contribution is 8.00. The van der Waals surface area contributed by atoms with Crippen molar-refractivity contribution in [3.05, 3.63) is 0 Å². The Morgan fingerprint density at radius 2 is 2.00 bits per heavy atom. The minimum atomic E-state index is -0.775. The third kappa shape index (κ3) is 5.73. The predicted octanol–water partition coefficient (Wildman–Crippen LogP) is 3.06. The molecular formula is C15H27NO3S. The van der Waals surface area contributed by atoms with Crippen molar-refractivity contribution in [2.75, 3.05) is 5.75 Å². The molecule has 1 amide bonds. The summed E-state index contributed by atoms with van der Waals surface area (Å²) >= 11 is 1.65. The summed E-state index contributed by atoms with van der Waals surface area (Å²) < 4.78 is 0. The van der Waals surface area contributed by atoms with E-state index in [0.717, 1.165) is 44.3 Å². The van der Waals surface area contributed by atoms with Crippen molar-refractivity contribution in [1.29, 1.82) is 0 Å². The maximum absolute atomic E-state index is 12.2. The maximum atomic E-state index is 12.2. The monoisotopic (exact) mass is 301 g/mol. The van der Waals surface area contributed by atoms with Gasteiger partial charge < -0.3 is 10.4 Å². The summed E-state index contributed by atoms with van der Waals surface area (Å²) in [5.41, 5.74) is 0. The van der Waals surface area contributed by atoms with Crippen molar-refractivity contribution in [2.24, 2.45) is 5.92 Å². The van der Waals surface area contributed by atoms with E-state index in [0.29, 0.717) is 6.42 Å². The second-order valence-corrected chi connectivity index (χ2v) is 7.01. The molecule has 0 spiro atoms. The quantitative estimate of drug-likeness (QED) is 0.560. The summed E-state index contributed by atoms with van der Waals surface area (Å²) in [6, 6.07) is -0.197. The molecule has 0 saturated heterocycles. The van der Waals surface area contributed by atoms with Gasteiger partial charge in [-0.1, -0.05) is 32.6 Å². The normalized spacial score (nSPS) is 24.7. The molecule has 1 fully saturated rings. The highest BCUT2D eigenvalue weighted by Gasteiger charge is 2.31. The van der Waals surface area contributed by atoms with Crippen molar-refractivity contribution in [3.63, 3.8) is 0 Å². The Kier molecular flexibility index (Phi) is 8.04. The lowest BCUT2D eigenvalue weighted by Gasteiger charge is -2.24. The van der Waals surface area contributed by atoms with E-state index in [2.05, 4.69) is 12.2 Å². The van der Waals surface area contributed by atoms with E-state index in [1.54, 1.807) is 11.8 Å². The number of aliphatic carboxylic acids is 1. The Balaban J connectivity index is 2.50. The van der Waals surface area contributed by atoms with Gasteiger partial charge in [0.2, 0.25) is 5.91 Å². The minimum Gasteiger partial charge on any atom is -0.481 e. The van der Waals surface area contributed by atoms with Gasteiger partial charge in [-0.05, 0) is 31.9 Å². The van der Waals surface area contributed by atoms with Gasteiger partial charge in [-0.15, -0.1) is 11.8 Å². The Labute approximate surface area is 126 Å². The molecule has 1 rings (SSSR count). The lowest BCUT2D eigenvalue weighted by atomic mass is 9.95. The van der Waals surface area contributed by atoms with Crippen LogP contribution in [0, 0.1) is 5.92 Å². The Morgan fingerprint density at radius 3 is 2.65 bits per heavy atom. The molecule has 2 N–H and O–H groups in total. The summed E-state index contributed by atoms with van der Waals surface area (Å²) in [5, 5.41) is 12.2. The number of rotatable bonds is 7. The maximum Gasteiger partial charge on any atom is 0.308 e. The average molecular weight is 301 g/mol. The van der Waals surface area contributed by atoms with Crippen LogP contribution in [0.5, 0.6) is 0 Å². The number of amides is 1. The number of thioether (sulfide) groups is 1. The lowest BCUT2D eigenvalue weighted by molar-refractivity contribution is -0.143. The van der Waals surface area contributed by atoms with Crippen LogP contribution in [0.4, 0.5) is 0 Å². The van der Waals surface area contributed by atoms with Crippen molar-refractivity contribution >= 4 is 23.6 Å². The van der Waals surface area contributed by atoms with Crippen molar-refractivity contribution in [1.82, 2.24) is 5.32 Å². The number of hydrogen-bond acceptors (Lipinski definition) is 3. The number of carboxylic acids is 1. The average Bonchev–Trinajstić information content (AvgIpc) is 2.64. The van der Waals surface area contributed by atoms with Crippen molar-refractivity contribution in [3.8, 4) is 0 Å². The molecule has 0 aromatic rings. The first-order chi connectivity index (χ1) is 9.56. The van der Waals surface area contributed by atoms with Gasteiger partial charge in [0.25, 0.3) is 0 Å². The topological polar surface area (TPSA) is 66.4 Å². The molecule has 0 aliphatic heterocycles. The molecule has 4 nitrogen and oxygen atoms in total. The molecule has 20 heavy (non-hydrogen) atoms. The van der Waals surface area contributed by atoms with Crippen LogP contribution >= 0.6 is 11.8 Å². The standard InChI is InChI=1S/C15H27NO3S/c1-3-4-10-20-11(2)14(17)16-13-9-7-5-6-8-12(13)15(18)19/h11-13H,3-10H2,1-2H3,(H,16,17)(H,18,19)/t11?,12-,13+/m1/s1. The lowest BCUT2D eigenvalue weighted by Crippen LogP contribution is -2.45. The molecule has 0 aromatic carbocycles. The second kappa shape index (κ2) is 9.27. The van der Waals surface area contributed by atoms with E-state index < -0.39 is 11.9 Å². The van der Waals surface area contributed by atoms with Gasteiger partial charge in [-0.25, -0.2) is 0 Å². The zero-order chi connectivity index (χ0) is 15.0. The Bertz CT molecular complexity index is 322. The van der Waals surface area contributed by atoms with E-state index in [1.807, 2.05) is 6.92 Å². The summed E-state index contributed by atoms with van der Waals surface area (Å²) in [6.07, 6.45) is 6.73. The van der Waals surface area contributed by atoms with Crippen molar-refractivity contribution in [2.45, 2.75) is 70.1 Å². The fraction of sp³-hybridized carbons (Fsp3) is 0.867. The van der Waals surface area contributed by atoms with Crippen LogP contribution < -0.4 is 5.32 Å². The SMILES string of the molecule is CCCCSC(C)C(=O)N[C@H]1CCCCC[C@H]1C(=O)O. The van der Waals surface area contributed by atoms with E-state index in [4.69, 9.17) is 0 Å². The molecule has 1 aliphatic rings. The molecule has 0 aromatic heterocycles. The van der Waals surface area contributed by atoms with Crippen LogP contribution in [0.15, 0.2) is 0 Å². The number of hydrogen-bond donors (Lipinski definition) is 2. The summed E-state index contributed by atoms with van der Waals surface area (Å²) in [7, 11) is 0. The third-order valence-corrected chi connectivity index (χ3v) is 5.13. The summed E-state index contributed by atoms with van der Waals surface area (Å²) in [4.78, 5) is 23.5. The molecule has 0 bridgehead atoms. The number of nitrogens with one attached hydrogen (secondary N) is 1. The minimum absolute atomic E-state index is 0.00995. The van der Waals surface area contributed by atoms with Gasteiger partial charge in [-0.2, -0.15) is 0 Å². The van der Waals surface area contributed by atoms with Gasteiger partial charge in [0.05, 0.1) is 11.2 Å². The first-order valence-electron chi connectivity index (χ1n) is 7.71. The van der Waals surface area contributed by atoms with Gasteiger partial charge in [0.15, 0.2) is 0 Å². The number of carbonyl (C=O) groups excluding carboxylic acids is 1. The first kappa shape index (κ1) is 17.3. The van der Waals surface area contributed by atoms with Crippen LogP contribution in [0.1, 0.15) is 58.8 Å². The Morgan fingerprint density at radius 1 is 1.30 bits per heavy atom. The molecule has 116 valence electrons. The first-order valence-corrected chi connectivity index (χ1v) is 8.76. The highest BCUT2D eigenvalue weighted by Crippen LogP contribution is 2.24. The van der Waals surface area contributed by atoms with Crippen LogP contribution in [0.25, 0.3) is 0 Å². The molecule has 3 atom stereocenters. The molecule has 5 heteroatoms. The van der Waals surface area contributed by atoms with Gasteiger partial charge in [0, 0.05) is 6.04 Å². The van der Waals surface area contributed by atoms with Crippen LogP contribution in [0.3, 0.4) is 0 Å². The number of carboxylic acid groups (broad SMARTS) is 1. The number of carbonyl (C=O) groups is 2. The molecule has 1 saturated carbocycles. The van der Waals surface area contributed by atoms with Gasteiger partial charge in [-0.3, -0.25) is 9.59 Å². The molecule has 0 radical (unpaired) electrons. The second-order valence-electron chi connectivity index (χ2n) is 5.56. The summed E-state index contributed by atoms with van der Waals surface area (Å²) in [5.74, 6) is -0.222. The van der Waals surface area contributed by atoms with Crippen molar-refractivity contribution < 1.29 is 14.7 Å². The third-order valence-electron chi connectivity index (χ3n) is 3.90. The molecular weight excluding hydrogens is 274 g/mol. The van der Waals surface area contributed by atoms with Crippen LogP contribution in [0.2, 0.25) is 0 Å². The fourth-order valence-electron chi connectivity index (χ4n) is 2.56. The van der Waals surface area contributed by atoms with Gasteiger partial charge >= 0.3 is 5.97 Å². The predicted molar refractivity (Wildman–Crippen MR) is 83.0 cm³/mol. The van der Waals surface area contributed by atoms with Crippen LogP contribution in [-0.4, -0.2) is 34.0 Å². The molecule has 0 heterocycles. The number of unbranched alkanes of at least 4 members (excludes halogenated alkanes) is 1. The molecule has 1 unspecified atom stereocenters. The van der Waals surface area contributed by atoms with E-state index in [1.165, 1.54) is 0 Å². The Hall–Kier alpha value is -0.710. The molecule has 1 aliphatic carbocycles. The smallest absolute Gasteiger partial charge is 0.308 e. The largest absolute Gasteiger partial charge is 0.481 e. The zero-order valence-electron chi connectivity index (χ0n) is 12.6. The van der Waals surface area contributed by atoms with E-state index in [9.17, 15) is 14.7 Å². The zero-order valence-corrected chi connectivity index (χ0v) is 13.4. The van der Waals surface area contributed by atoms with E-state index in [-0.39, 0.29) is 17.2 Å². The van der Waals surface area contributed by atoms with Gasteiger partial charge in [0.1, 0.15) is 0 Å². The summed E-state index contributed by atoms with van der Waals surface area (Å²) in [6.45, 7) is 4.04. The van der Waals surface area contributed by atoms with Crippen LogP contribution in [-0.2, 0) is 9.59 Å². The fourth-order valence-corrected chi connectivity index (χ4v) is 3.58. The highest BCUT2D eigenvalue weighted by atomic mass is 32.2. The van der Waals surface area contributed by atoms with E-state index >= 15 is 0 Å².